The van der Waals surface area contributed by atoms with Gasteiger partial charge in [0, 0.05) is 19.2 Å². The van der Waals surface area contributed by atoms with E-state index < -0.39 is 0 Å². The van der Waals surface area contributed by atoms with Gasteiger partial charge in [0.2, 0.25) is 0 Å². The largest absolute Gasteiger partial charge is 0.392 e. The van der Waals surface area contributed by atoms with Crippen LogP contribution in [0.5, 0.6) is 0 Å². The Bertz CT molecular complexity index is 348. The Hall–Kier alpha value is -0.900. The van der Waals surface area contributed by atoms with Gasteiger partial charge in [-0.05, 0) is 31.9 Å². The quantitative estimate of drug-likeness (QED) is 0.796. The Balaban J connectivity index is 2.60. The molecule has 0 saturated carbocycles. The monoisotopic (exact) mass is 237 g/mol. The molecule has 1 aromatic carbocycles. The van der Waals surface area contributed by atoms with E-state index in [1.165, 1.54) is 11.1 Å². The van der Waals surface area contributed by atoms with E-state index in [1.807, 2.05) is 26.0 Å². The second-order valence-electron chi connectivity index (χ2n) is 5.00. The summed E-state index contributed by atoms with van der Waals surface area (Å²) in [5, 5.41) is 13.0. The maximum absolute atomic E-state index is 9.61. The van der Waals surface area contributed by atoms with Gasteiger partial charge in [-0.25, -0.2) is 0 Å². The van der Waals surface area contributed by atoms with Crippen LogP contribution < -0.4 is 5.32 Å². The molecule has 0 aliphatic carbocycles. The van der Waals surface area contributed by atoms with Gasteiger partial charge in [-0.1, -0.05) is 24.3 Å². The lowest BCUT2D eigenvalue weighted by molar-refractivity contribution is 0.0956. The van der Waals surface area contributed by atoms with E-state index in [1.54, 1.807) is 14.0 Å². The van der Waals surface area contributed by atoms with Crippen molar-refractivity contribution in [1.29, 1.82) is 0 Å². The highest BCUT2D eigenvalue weighted by Gasteiger charge is 2.22. The summed E-state index contributed by atoms with van der Waals surface area (Å²) in [4.78, 5) is 0. The van der Waals surface area contributed by atoms with Gasteiger partial charge in [-0.15, -0.1) is 0 Å². The predicted molar refractivity (Wildman–Crippen MR) is 69.8 cm³/mol. The SMILES string of the molecule is COCc1cccc(CNC(C)(C)C(C)O)c1. The standard InChI is InChI=1S/C14H23NO2/c1-11(16)14(2,3)15-9-12-6-5-7-13(8-12)10-17-4/h5-8,11,15-16H,9-10H2,1-4H3. The molecule has 1 rings (SSSR count). The highest BCUT2D eigenvalue weighted by Crippen LogP contribution is 2.11. The minimum absolute atomic E-state index is 0.280. The van der Waals surface area contributed by atoms with Gasteiger partial charge in [0.05, 0.1) is 12.7 Å². The Morgan fingerprint density at radius 1 is 1.35 bits per heavy atom. The molecule has 0 saturated heterocycles. The van der Waals surface area contributed by atoms with Crippen molar-refractivity contribution in [2.24, 2.45) is 0 Å². The van der Waals surface area contributed by atoms with E-state index in [-0.39, 0.29) is 11.6 Å². The first-order valence-electron chi connectivity index (χ1n) is 5.95. The Kier molecular flexibility index (Phi) is 5.12. The van der Waals surface area contributed by atoms with Crippen molar-refractivity contribution < 1.29 is 9.84 Å². The van der Waals surface area contributed by atoms with E-state index in [2.05, 4.69) is 17.4 Å². The summed E-state index contributed by atoms with van der Waals surface area (Å²) >= 11 is 0. The molecule has 3 nitrogen and oxygen atoms in total. The van der Waals surface area contributed by atoms with Crippen LogP contribution in [0.1, 0.15) is 31.9 Å². The van der Waals surface area contributed by atoms with Crippen molar-refractivity contribution in [2.75, 3.05) is 7.11 Å². The Labute approximate surface area is 104 Å². The number of aliphatic hydroxyl groups is 1. The molecule has 2 N–H and O–H groups in total. The van der Waals surface area contributed by atoms with Gasteiger partial charge in [0.1, 0.15) is 0 Å². The predicted octanol–water partition coefficient (Wildman–Crippen LogP) is 2.08. The molecule has 1 unspecified atom stereocenters. The van der Waals surface area contributed by atoms with E-state index in [9.17, 15) is 5.11 Å². The van der Waals surface area contributed by atoms with Crippen molar-refractivity contribution in [3.8, 4) is 0 Å². The van der Waals surface area contributed by atoms with Crippen LogP contribution in [0.2, 0.25) is 0 Å². The topological polar surface area (TPSA) is 41.5 Å². The molecule has 0 aliphatic heterocycles. The third-order valence-electron chi connectivity index (χ3n) is 3.09. The molecule has 0 fully saturated rings. The average molecular weight is 237 g/mol. The minimum Gasteiger partial charge on any atom is -0.392 e. The van der Waals surface area contributed by atoms with Gasteiger partial charge < -0.3 is 15.2 Å². The van der Waals surface area contributed by atoms with Crippen LogP contribution in [0.15, 0.2) is 24.3 Å². The lowest BCUT2D eigenvalue weighted by Crippen LogP contribution is -2.47. The van der Waals surface area contributed by atoms with Crippen LogP contribution >= 0.6 is 0 Å². The molecule has 0 heterocycles. The zero-order valence-corrected chi connectivity index (χ0v) is 11.2. The number of nitrogens with one attached hydrogen (secondary N) is 1. The second-order valence-corrected chi connectivity index (χ2v) is 5.00. The highest BCUT2D eigenvalue weighted by molar-refractivity contribution is 5.23. The molecular formula is C14H23NO2. The summed E-state index contributed by atoms with van der Waals surface area (Å²) in [7, 11) is 1.70. The van der Waals surface area contributed by atoms with Gasteiger partial charge in [0.25, 0.3) is 0 Å². The summed E-state index contributed by atoms with van der Waals surface area (Å²) in [6.45, 7) is 7.17. The number of methoxy groups -OCH3 is 1. The lowest BCUT2D eigenvalue weighted by atomic mass is 9.98. The van der Waals surface area contributed by atoms with Gasteiger partial charge >= 0.3 is 0 Å². The van der Waals surface area contributed by atoms with E-state index in [0.717, 1.165) is 6.54 Å². The molecule has 17 heavy (non-hydrogen) atoms. The average Bonchev–Trinajstić information content (AvgIpc) is 2.27. The normalized spacial score (nSPS) is 13.7. The third-order valence-corrected chi connectivity index (χ3v) is 3.09. The smallest absolute Gasteiger partial charge is 0.0713 e. The van der Waals surface area contributed by atoms with E-state index in [4.69, 9.17) is 4.74 Å². The second kappa shape index (κ2) is 6.15. The minimum atomic E-state index is -0.385. The highest BCUT2D eigenvalue weighted by atomic mass is 16.5. The van der Waals surface area contributed by atoms with Gasteiger partial charge in [-0.3, -0.25) is 0 Å². The Morgan fingerprint density at radius 2 is 2.00 bits per heavy atom. The number of hydrogen-bond donors (Lipinski definition) is 2. The fourth-order valence-electron chi connectivity index (χ4n) is 1.47. The van der Waals surface area contributed by atoms with Crippen molar-refractivity contribution in [2.45, 2.75) is 45.6 Å². The molecule has 0 aliphatic rings. The van der Waals surface area contributed by atoms with Crippen molar-refractivity contribution in [1.82, 2.24) is 5.32 Å². The first-order chi connectivity index (χ1) is 7.95. The first-order valence-corrected chi connectivity index (χ1v) is 5.95. The zero-order chi connectivity index (χ0) is 12.9. The number of benzene rings is 1. The lowest BCUT2D eigenvalue weighted by Gasteiger charge is -2.29. The van der Waals surface area contributed by atoms with Crippen molar-refractivity contribution >= 4 is 0 Å². The maximum atomic E-state index is 9.61. The molecule has 0 bridgehead atoms. The summed E-state index contributed by atoms with van der Waals surface area (Å²) in [5.41, 5.74) is 2.09. The molecule has 1 atom stereocenters. The maximum Gasteiger partial charge on any atom is 0.0713 e. The van der Waals surface area contributed by atoms with Crippen LogP contribution in [0.4, 0.5) is 0 Å². The number of rotatable bonds is 6. The number of hydrogen-bond acceptors (Lipinski definition) is 3. The summed E-state index contributed by atoms with van der Waals surface area (Å²) in [6, 6.07) is 8.27. The van der Waals surface area contributed by atoms with Gasteiger partial charge in [0.15, 0.2) is 0 Å². The van der Waals surface area contributed by atoms with E-state index in [0.29, 0.717) is 6.61 Å². The number of aliphatic hydroxyl groups excluding tert-OH is 1. The summed E-state index contributed by atoms with van der Waals surface area (Å²) in [5.74, 6) is 0. The van der Waals surface area contributed by atoms with Gasteiger partial charge in [-0.2, -0.15) is 0 Å². The molecule has 3 heteroatoms. The van der Waals surface area contributed by atoms with Crippen LogP contribution in [0.25, 0.3) is 0 Å². The fraction of sp³-hybridized carbons (Fsp3) is 0.571. The molecule has 0 amide bonds. The molecule has 0 aromatic heterocycles. The van der Waals surface area contributed by atoms with Crippen LogP contribution in [-0.4, -0.2) is 23.9 Å². The van der Waals surface area contributed by atoms with Crippen molar-refractivity contribution in [3.05, 3.63) is 35.4 Å². The molecular weight excluding hydrogens is 214 g/mol. The first kappa shape index (κ1) is 14.2. The van der Waals surface area contributed by atoms with Crippen molar-refractivity contribution in [3.63, 3.8) is 0 Å². The van der Waals surface area contributed by atoms with Crippen LogP contribution in [-0.2, 0) is 17.9 Å². The molecule has 0 radical (unpaired) electrons. The zero-order valence-electron chi connectivity index (χ0n) is 11.2. The molecule has 96 valence electrons. The number of ether oxygens (including phenoxy) is 1. The summed E-state index contributed by atoms with van der Waals surface area (Å²) < 4.78 is 5.11. The molecule has 1 aromatic rings. The van der Waals surface area contributed by atoms with Crippen LogP contribution in [0.3, 0.4) is 0 Å². The molecule has 0 spiro atoms. The van der Waals surface area contributed by atoms with Crippen LogP contribution in [0, 0.1) is 0 Å². The third kappa shape index (κ3) is 4.46. The summed E-state index contributed by atoms with van der Waals surface area (Å²) in [6.07, 6.45) is -0.385. The van der Waals surface area contributed by atoms with E-state index >= 15 is 0 Å². The Morgan fingerprint density at radius 3 is 2.59 bits per heavy atom. The fourth-order valence-corrected chi connectivity index (χ4v) is 1.47.